The second-order valence-corrected chi connectivity index (χ2v) is 7.93. The average Bonchev–Trinajstić information content (AvgIpc) is 2.92. The molecule has 1 aromatic heterocycles. The van der Waals surface area contributed by atoms with Gasteiger partial charge in [0.05, 0.1) is 0 Å². The van der Waals surface area contributed by atoms with Crippen molar-refractivity contribution in [1.82, 2.24) is 15.5 Å². The van der Waals surface area contributed by atoms with E-state index < -0.39 is 17.8 Å². The Labute approximate surface area is 154 Å². The van der Waals surface area contributed by atoms with Crippen molar-refractivity contribution in [3.63, 3.8) is 0 Å². The number of ether oxygens (including phenoxy) is 1. The van der Waals surface area contributed by atoms with Gasteiger partial charge in [-0.1, -0.05) is 34.2 Å². The highest BCUT2D eigenvalue weighted by Crippen LogP contribution is 2.25. The normalized spacial score (nSPS) is 14.3. The predicted octanol–water partition coefficient (Wildman–Crippen LogP) is 3.34. The van der Waals surface area contributed by atoms with Gasteiger partial charge in [0.2, 0.25) is 11.7 Å². The van der Waals surface area contributed by atoms with Crippen LogP contribution in [0.15, 0.2) is 4.52 Å². The maximum Gasteiger partial charge on any atom is 0.407 e. The van der Waals surface area contributed by atoms with Gasteiger partial charge in [0.25, 0.3) is 0 Å². The molecule has 1 rings (SSSR count). The lowest BCUT2D eigenvalue weighted by molar-refractivity contribution is 0.0526. The Hall–Kier alpha value is -0.610. The van der Waals surface area contributed by atoms with Gasteiger partial charge < -0.3 is 19.7 Å². The number of amides is 1. The Morgan fingerprint density at radius 2 is 2.17 bits per heavy atom. The minimum Gasteiger partial charge on any atom is -0.444 e. The Morgan fingerprint density at radius 3 is 2.74 bits per heavy atom. The Bertz CT molecular complexity index is 493. The molecule has 0 aliphatic rings. The summed E-state index contributed by atoms with van der Waals surface area (Å²) in [6.45, 7) is 6.00. The number of unbranched alkanes of at least 4 members (excludes halogenated alkanes) is 1. The molecule has 9 heteroatoms. The number of carbonyl (C=O) groups is 1. The van der Waals surface area contributed by atoms with Gasteiger partial charge in [-0.15, -0.1) is 11.6 Å². The van der Waals surface area contributed by atoms with Crippen LogP contribution in [0.1, 0.15) is 57.9 Å². The molecule has 0 saturated carbocycles. The number of aromatic nitrogens is 2. The van der Waals surface area contributed by atoms with Crippen LogP contribution in [-0.2, 0) is 10.6 Å². The molecule has 0 spiro atoms. The standard InChI is InChI=1S/C14H23ClIN3O4/c1-14(2,3)22-13(21)17-7-5-4-6-9(16)11(20)12-18-10(8-15)23-19-12/h9,11,20H,4-8H2,1-3H3,(H,17,21). The number of hydrogen-bond acceptors (Lipinski definition) is 6. The van der Waals surface area contributed by atoms with E-state index in [0.717, 1.165) is 19.3 Å². The molecule has 0 aromatic carbocycles. The Morgan fingerprint density at radius 1 is 1.48 bits per heavy atom. The number of hydrogen-bond donors (Lipinski definition) is 2. The zero-order valence-electron chi connectivity index (χ0n) is 13.5. The highest BCUT2D eigenvalue weighted by molar-refractivity contribution is 14.1. The summed E-state index contributed by atoms with van der Waals surface area (Å²) in [5.41, 5.74) is -0.492. The van der Waals surface area contributed by atoms with Gasteiger partial charge in [0.1, 0.15) is 17.6 Å². The summed E-state index contributed by atoms with van der Waals surface area (Å²) in [6.07, 6.45) is 1.20. The van der Waals surface area contributed by atoms with Gasteiger partial charge in [-0.05, 0) is 33.6 Å². The van der Waals surface area contributed by atoms with E-state index in [1.807, 2.05) is 20.8 Å². The third-order valence-corrected chi connectivity index (χ3v) is 4.31. The summed E-state index contributed by atoms with van der Waals surface area (Å²) in [6, 6.07) is 0. The lowest BCUT2D eigenvalue weighted by Gasteiger charge is -2.19. The van der Waals surface area contributed by atoms with Gasteiger partial charge >= 0.3 is 6.09 Å². The fourth-order valence-electron chi connectivity index (χ4n) is 1.73. The first kappa shape index (κ1) is 20.4. The fraction of sp³-hybridized carbons (Fsp3) is 0.786. The minimum absolute atomic E-state index is 0.0464. The third kappa shape index (κ3) is 8.16. The molecule has 0 saturated heterocycles. The van der Waals surface area contributed by atoms with E-state index in [4.69, 9.17) is 20.9 Å². The maximum absolute atomic E-state index is 11.5. The second kappa shape index (κ2) is 9.63. The van der Waals surface area contributed by atoms with Crippen LogP contribution in [0.2, 0.25) is 0 Å². The molecule has 0 fully saturated rings. The first-order chi connectivity index (χ1) is 10.7. The van der Waals surface area contributed by atoms with Crippen molar-refractivity contribution < 1.29 is 19.2 Å². The first-order valence-corrected chi connectivity index (χ1v) is 9.18. The summed E-state index contributed by atoms with van der Waals surface area (Å²) in [5, 5.41) is 16.6. The molecular formula is C14H23ClIN3O4. The molecule has 23 heavy (non-hydrogen) atoms. The van der Waals surface area contributed by atoms with Crippen LogP contribution in [0.5, 0.6) is 0 Å². The van der Waals surface area contributed by atoms with E-state index in [2.05, 4.69) is 38.0 Å². The zero-order valence-corrected chi connectivity index (χ0v) is 16.4. The number of nitrogens with zero attached hydrogens (tertiary/aromatic N) is 2. The molecule has 2 unspecified atom stereocenters. The molecule has 0 aliphatic heterocycles. The molecule has 1 amide bonds. The van der Waals surface area contributed by atoms with Gasteiger partial charge in [0.15, 0.2) is 0 Å². The molecule has 132 valence electrons. The Kier molecular flexibility index (Phi) is 8.56. The number of carbonyl (C=O) groups excluding carboxylic acids is 1. The number of alkyl carbamates (subject to hydrolysis) is 1. The number of aliphatic hydroxyl groups is 1. The lowest BCUT2D eigenvalue weighted by atomic mass is 10.1. The van der Waals surface area contributed by atoms with E-state index in [0.29, 0.717) is 12.4 Å². The minimum atomic E-state index is -0.796. The highest BCUT2D eigenvalue weighted by atomic mass is 127. The maximum atomic E-state index is 11.5. The summed E-state index contributed by atoms with van der Waals surface area (Å²) < 4.78 is 9.98. The van der Waals surface area contributed by atoms with Crippen molar-refractivity contribution in [2.24, 2.45) is 0 Å². The van der Waals surface area contributed by atoms with Crippen molar-refractivity contribution in [3.05, 3.63) is 11.7 Å². The van der Waals surface area contributed by atoms with Crippen LogP contribution in [0.3, 0.4) is 0 Å². The predicted molar refractivity (Wildman–Crippen MR) is 94.7 cm³/mol. The van der Waals surface area contributed by atoms with Crippen LogP contribution >= 0.6 is 34.2 Å². The Balaban J connectivity index is 2.21. The quantitative estimate of drug-likeness (QED) is 0.351. The molecule has 0 bridgehead atoms. The summed E-state index contributed by atoms with van der Waals surface area (Å²) >= 11 is 7.74. The molecular weight excluding hydrogens is 437 g/mol. The lowest BCUT2D eigenvalue weighted by Crippen LogP contribution is -2.33. The molecule has 0 aliphatic carbocycles. The third-order valence-electron chi connectivity index (χ3n) is 2.78. The van der Waals surface area contributed by atoms with E-state index in [1.165, 1.54) is 0 Å². The van der Waals surface area contributed by atoms with Crippen LogP contribution in [0.4, 0.5) is 4.79 Å². The van der Waals surface area contributed by atoms with Crippen molar-refractivity contribution in [2.75, 3.05) is 6.54 Å². The van der Waals surface area contributed by atoms with E-state index >= 15 is 0 Å². The van der Waals surface area contributed by atoms with Crippen LogP contribution in [0.25, 0.3) is 0 Å². The highest BCUT2D eigenvalue weighted by Gasteiger charge is 2.23. The van der Waals surface area contributed by atoms with E-state index in [-0.39, 0.29) is 15.6 Å². The van der Waals surface area contributed by atoms with Gasteiger partial charge in [-0.3, -0.25) is 0 Å². The summed E-state index contributed by atoms with van der Waals surface area (Å²) in [5.74, 6) is 0.680. The van der Waals surface area contributed by atoms with Gasteiger partial charge in [-0.25, -0.2) is 4.79 Å². The number of alkyl halides is 2. The second-order valence-electron chi connectivity index (χ2n) is 6.07. The van der Waals surface area contributed by atoms with Crippen molar-refractivity contribution in [2.45, 2.75) is 61.5 Å². The zero-order chi connectivity index (χ0) is 17.5. The van der Waals surface area contributed by atoms with Crippen LogP contribution in [0, 0.1) is 0 Å². The molecule has 0 radical (unpaired) electrons. The molecule has 1 heterocycles. The van der Waals surface area contributed by atoms with Crippen molar-refractivity contribution in [3.8, 4) is 0 Å². The summed E-state index contributed by atoms with van der Waals surface area (Å²) in [7, 11) is 0. The number of halogens is 2. The van der Waals surface area contributed by atoms with E-state index in [9.17, 15) is 9.90 Å². The van der Waals surface area contributed by atoms with Crippen molar-refractivity contribution in [1.29, 1.82) is 0 Å². The molecule has 2 atom stereocenters. The molecule has 7 nitrogen and oxygen atoms in total. The monoisotopic (exact) mass is 459 g/mol. The largest absolute Gasteiger partial charge is 0.444 e. The number of aliphatic hydroxyl groups excluding tert-OH is 1. The smallest absolute Gasteiger partial charge is 0.407 e. The van der Waals surface area contributed by atoms with Crippen molar-refractivity contribution >= 4 is 40.3 Å². The summed E-state index contributed by atoms with van der Waals surface area (Å²) in [4.78, 5) is 15.5. The van der Waals surface area contributed by atoms with Gasteiger partial charge in [0, 0.05) is 10.5 Å². The number of nitrogens with one attached hydrogen (secondary N) is 1. The van der Waals surface area contributed by atoms with Crippen LogP contribution in [-0.4, -0.2) is 37.4 Å². The average molecular weight is 460 g/mol. The molecule has 1 aromatic rings. The van der Waals surface area contributed by atoms with Crippen LogP contribution < -0.4 is 5.32 Å². The van der Waals surface area contributed by atoms with Gasteiger partial charge in [-0.2, -0.15) is 4.98 Å². The first-order valence-electron chi connectivity index (χ1n) is 7.40. The fourth-order valence-corrected chi connectivity index (χ4v) is 2.60. The molecule has 2 N–H and O–H groups in total. The van der Waals surface area contributed by atoms with E-state index in [1.54, 1.807) is 0 Å². The topological polar surface area (TPSA) is 97.5 Å². The SMILES string of the molecule is CC(C)(C)OC(=O)NCCCCC(I)C(O)c1noc(CCl)n1. The number of rotatable bonds is 8.